The Labute approximate surface area is 188 Å². The second-order valence-electron chi connectivity index (χ2n) is 6.87. The molecule has 2 heterocycles. The van der Waals surface area contributed by atoms with Gasteiger partial charge < -0.3 is 0 Å². The number of carbonyl (C=O) groups is 1. The number of rotatable bonds is 4. The zero-order valence-corrected chi connectivity index (χ0v) is 17.8. The number of aliphatic imine (C=N–C) groups is 1. The molecule has 1 aliphatic heterocycles. The molecule has 150 valence electrons. The second kappa shape index (κ2) is 8.30. The average molecular weight is 442 g/mol. The van der Waals surface area contributed by atoms with Gasteiger partial charge in [0, 0.05) is 10.6 Å². The van der Waals surface area contributed by atoms with Crippen molar-refractivity contribution in [1.82, 2.24) is 4.98 Å². The summed E-state index contributed by atoms with van der Waals surface area (Å²) in [6, 6.07) is 25.1. The lowest BCUT2D eigenvalue weighted by atomic mass is 10.2. The lowest BCUT2D eigenvalue weighted by Gasteiger charge is -2.14. The maximum atomic E-state index is 13.3. The number of amides is 1. The lowest BCUT2D eigenvalue weighted by molar-refractivity contribution is -0.113. The van der Waals surface area contributed by atoms with E-state index in [0.29, 0.717) is 21.7 Å². The van der Waals surface area contributed by atoms with E-state index in [1.807, 2.05) is 84.9 Å². The summed E-state index contributed by atoms with van der Waals surface area (Å²) in [7, 11) is 0. The van der Waals surface area contributed by atoms with E-state index in [-0.39, 0.29) is 5.91 Å². The minimum Gasteiger partial charge on any atom is -0.266 e. The molecular weight excluding hydrogens is 426 g/mol. The van der Waals surface area contributed by atoms with Crippen molar-refractivity contribution in [3.05, 3.63) is 113 Å². The van der Waals surface area contributed by atoms with Crippen LogP contribution in [0, 0.1) is 0 Å². The molecule has 0 fully saturated rings. The lowest BCUT2D eigenvalue weighted by Crippen LogP contribution is -2.32. The van der Waals surface area contributed by atoms with Crippen molar-refractivity contribution < 1.29 is 4.79 Å². The van der Waals surface area contributed by atoms with E-state index >= 15 is 0 Å². The van der Waals surface area contributed by atoms with Crippen LogP contribution in [-0.2, 0) is 4.79 Å². The van der Waals surface area contributed by atoms with E-state index in [4.69, 9.17) is 11.6 Å². The fraction of sp³-hybridized carbons (Fsp3) is 0. The third-order valence-electron chi connectivity index (χ3n) is 4.76. The Hall–Kier alpha value is -3.54. The molecule has 0 saturated carbocycles. The molecule has 0 spiro atoms. The highest BCUT2D eigenvalue weighted by Crippen LogP contribution is 2.34. The van der Waals surface area contributed by atoms with E-state index in [1.165, 1.54) is 11.3 Å². The molecule has 1 aliphatic rings. The summed E-state index contributed by atoms with van der Waals surface area (Å²) in [5.74, 6) is 0.358. The third-order valence-corrected chi connectivity index (χ3v) is 6.02. The number of halogens is 1. The van der Waals surface area contributed by atoms with Gasteiger partial charge >= 0.3 is 0 Å². The number of amidine groups is 1. The van der Waals surface area contributed by atoms with Crippen LogP contribution in [0.25, 0.3) is 16.3 Å². The van der Waals surface area contributed by atoms with Gasteiger partial charge in [-0.3, -0.25) is 4.79 Å². The van der Waals surface area contributed by atoms with Gasteiger partial charge in [0.2, 0.25) is 0 Å². The van der Waals surface area contributed by atoms with Crippen molar-refractivity contribution in [2.75, 3.05) is 4.90 Å². The number of aromatic nitrogens is 1. The molecule has 4 aromatic rings. The zero-order chi connectivity index (χ0) is 21.2. The van der Waals surface area contributed by atoms with Crippen LogP contribution in [-0.4, -0.2) is 16.7 Å². The largest absolute Gasteiger partial charge is 0.284 e. The van der Waals surface area contributed by atoms with Crippen LogP contribution >= 0.6 is 22.9 Å². The van der Waals surface area contributed by atoms with Gasteiger partial charge in [0.25, 0.3) is 5.91 Å². The predicted octanol–water partition coefficient (Wildman–Crippen LogP) is 6.34. The summed E-state index contributed by atoms with van der Waals surface area (Å²) in [5.41, 5.74) is 3.03. The molecule has 4 nitrogen and oxygen atoms in total. The first-order valence-corrected chi connectivity index (χ1v) is 10.9. The van der Waals surface area contributed by atoms with Crippen molar-refractivity contribution in [2.45, 2.75) is 0 Å². The molecular formula is C25H16ClN3OS. The number of thiazole rings is 1. The Morgan fingerprint density at radius 3 is 2.45 bits per heavy atom. The van der Waals surface area contributed by atoms with E-state index in [9.17, 15) is 4.79 Å². The van der Waals surface area contributed by atoms with Crippen LogP contribution in [0.3, 0.4) is 0 Å². The summed E-state index contributed by atoms with van der Waals surface area (Å²) in [5, 5.41) is 1.18. The van der Waals surface area contributed by atoms with Crippen LogP contribution in [0.4, 0.5) is 5.13 Å². The molecule has 3 aromatic carbocycles. The Morgan fingerprint density at radius 2 is 1.68 bits per heavy atom. The van der Waals surface area contributed by atoms with Crippen LogP contribution < -0.4 is 4.90 Å². The Bertz CT molecular complexity index is 1360. The van der Waals surface area contributed by atoms with Crippen molar-refractivity contribution in [2.24, 2.45) is 4.99 Å². The molecule has 0 bridgehead atoms. The van der Waals surface area contributed by atoms with E-state index < -0.39 is 0 Å². The molecule has 0 saturated heterocycles. The summed E-state index contributed by atoms with van der Waals surface area (Å²) in [6.45, 7) is 0. The molecule has 0 unspecified atom stereocenters. The number of carbonyl (C=O) groups excluding carboxylic acids is 1. The van der Waals surface area contributed by atoms with Crippen molar-refractivity contribution in [1.29, 1.82) is 0 Å². The second-order valence-corrected chi connectivity index (χ2v) is 8.32. The van der Waals surface area contributed by atoms with Gasteiger partial charge in [-0.2, -0.15) is 0 Å². The number of hydrogen-bond donors (Lipinski definition) is 0. The molecule has 0 N–H and O–H groups in total. The Kier molecular flexibility index (Phi) is 5.20. The van der Waals surface area contributed by atoms with Gasteiger partial charge in [-0.15, -0.1) is 0 Å². The first-order chi connectivity index (χ1) is 15.2. The molecule has 1 amide bonds. The van der Waals surface area contributed by atoms with Crippen molar-refractivity contribution >= 4 is 56.1 Å². The highest BCUT2D eigenvalue weighted by atomic mass is 35.5. The first kappa shape index (κ1) is 19.4. The molecule has 31 heavy (non-hydrogen) atoms. The average Bonchev–Trinajstić information content (AvgIpc) is 3.35. The van der Waals surface area contributed by atoms with E-state index in [1.54, 1.807) is 17.0 Å². The number of nitrogens with zero attached hydrogens (tertiary/aromatic N) is 3. The van der Waals surface area contributed by atoms with Crippen LogP contribution in [0.5, 0.6) is 0 Å². The fourth-order valence-corrected chi connectivity index (χ4v) is 4.40. The monoisotopic (exact) mass is 441 g/mol. The SMILES string of the molecule is O=C1/C(=C/C=C/c2ccccc2)N=C(c2ccccc2)N1c1nc2cc(Cl)ccc2s1. The molecule has 1 aromatic heterocycles. The van der Waals surface area contributed by atoms with Gasteiger partial charge in [-0.25, -0.2) is 14.9 Å². The molecule has 0 atom stereocenters. The van der Waals surface area contributed by atoms with E-state index in [0.717, 1.165) is 21.3 Å². The molecule has 5 rings (SSSR count). The minimum absolute atomic E-state index is 0.207. The summed E-state index contributed by atoms with van der Waals surface area (Å²) >= 11 is 7.55. The maximum Gasteiger partial charge on any atom is 0.284 e. The normalized spacial score (nSPS) is 15.4. The molecule has 0 aliphatic carbocycles. The quantitative estimate of drug-likeness (QED) is 0.347. The summed E-state index contributed by atoms with van der Waals surface area (Å²) in [6.07, 6.45) is 5.53. The Balaban J connectivity index is 1.56. The number of allylic oxidation sites excluding steroid dienone is 2. The number of anilines is 1. The van der Waals surface area contributed by atoms with Crippen LogP contribution in [0.2, 0.25) is 5.02 Å². The highest BCUT2D eigenvalue weighted by molar-refractivity contribution is 7.22. The highest BCUT2D eigenvalue weighted by Gasteiger charge is 2.34. The third kappa shape index (κ3) is 3.93. The molecule has 6 heteroatoms. The topological polar surface area (TPSA) is 45.6 Å². The standard InChI is InChI=1S/C25H16ClN3OS/c26-19-14-15-22-21(16-19)28-25(31-22)29-23(18-11-5-2-6-12-18)27-20(24(29)30)13-7-10-17-8-3-1-4-9-17/h1-16H/b10-7+,20-13-. The van der Waals surface area contributed by atoms with Gasteiger partial charge in [0.1, 0.15) is 11.5 Å². The predicted molar refractivity (Wildman–Crippen MR) is 129 cm³/mol. The van der Waals surface area contributed by atoms with E-state index in [2.05, 4.69) is 9.98 Å². The Morgan fingerprint density at radius 1 is 0.935 bits per heavy atom. The minimum atomic E-state index is -0.207. The molecule has 0 radical (unpaired) electrons. The number of fused-ring (bicyclic) bond motifs is 1. The van der Waals surface area contributed by atoms with Gasteiger partial charge in [-0.1, -0.05) is 95.8 Å². The van der Waals surface area contributed by atoms with Gasteiger partial charge in [0.15, 0.2) is 5.13 Å². The van der Waals surface area contributed by atoms with Crippen molar-refractivity contribution in [3.63, 3.8) is 0 Å². The van der Waals surface area contributed by atoms with Crippen LogP contribution in [0.15, 0.2) is 102 Å². The zero-order valence-electron chi connectivity index (χ0n) is 16.3. The fourth-order valence-electron chi connectivity index (χ4n) is 3.29. The summed E-state index contributed by atoms with van der Waals surface area (Å²) < 4.78 is 0.959. The van der Waals surface area contributed by atoms with Gasteiger partial charge in [0.05, 0.1) is 10.2 Å². The van der Waals surface area contributed by atoms with Gasteiger partial charge in [-0.05, 0) is 29.8 Å². The van der Waals surface area contributed by atoms with Crippen molar-refractivity contribution in [3.8, 4) is 0 Å². The number of hydrogen-bond acceptors (Lipinski definition) is 4. The van der Waals surface area contributed by atoms with Crippen LogP contribution in [0.1, 0.15) is 11.1 Å². The smallest absolute Gasteiger partial charge is 0.266 e. The first-order valence-electron chi connectivity index (χ1n) is 9.67. The number of benzene rings is 3. The maximum absolute atomic E-state index is 13.3. The summed E-state index contributed by atoms with van der Waals surface area (Å²) in [4.78, 5) is 24.2.